The van der Waals surface area contributed by atoms with Crippen molar-refractivity contribution in [3.8, 4) is 0 Å². The van der Waals surface area contributed by atoms with Crippen LogP contribution in [0.1, 0.15) is 16.7 Å². The number of sulfonamides is 1. The van der Waals surface area contributed by atoms with Crippen LogP contribution in [0, 0.1) is 6.92 Å². The van der Waals surface area contributed by atoms with Gasteiger partial charge < -0.3 is 4.74 Å². The van der Waals surface area contributed by atoms with E-state index in [1.807, 2.05) is 31.2 Å². The fourth-order valence-electron chi connectivity index (χ4n) is 2.58. The standard InChI is InChI=1S/C17H13N3O4S/c1-11-5-7-12(8-6-11)16-15(10-24-17(16)21)13-3-2-4-14(9-13)25(22,23)20-19-18/h2-9H,10H2,1H3. The summed E-state index contributed by atoms with van der Waals surface area (Å²) in [4.78, 5) is 14.4. The van der Waals surface area contributed by atoms with Gasteiger partial charge in [-0.25, -0.2) is 13.2 Å². The predicted octanol–water partition coefficient (Wildman–Crippen LogP) is 3.46. The number of ether oxygens (including phenoxy) is 1. The minimum Gasteiger partial charge on any atom is -0.457 e. The van der Waals surface area contributed by atoms with E-state index in [9.17, 15) is 13.2 Å². The van der Waals surface area contributed by atoms with Crippen LogP contribution in [0.4, 0.5) is 0 Å². The smallest absolute Gasteiger partial charge is 0.339 e. The number of cyclic esters (lactones) is 1. The summed E-state index contributed by atoms with van der Waals surface area (Å²) in [7, 11) is -4.10. The van der Waals surface area contributed by atoms with Crippen molar-refractivity contribution in [2.75, 3.05) is 6.61 Å². The lowest BCUT2D eigenvalue weighted by Crippen LogP contribution is -1.99. The number of rotatable bonds is 4. The molecule has 0 saturated carbocycles. The Morgan fingerprint density at radius 1 is 1.12 bits per heavy atom. The van der Waals surface area contributed by atoms with Gasteiger partial charge in [0.05, 0.1) is 10.5 Å². The molecule has 0 radical (unpaired) electrons. The van der Waals surface area contributed by atoms with Gasteiger partial charge in [-0.15, -0.1) is 0 Å². The van der Waals surface area contributed by atoms with Crippen molar-refractivity contribution in [3.63, 3.8) is 0 Å². The third-order valence-corrected chi connectivity index (χ3v) is 4.96. The van der Waals surface area contributed by atoms with Crippen LogP contribution in [-0.2, 0) is 19.6 Å². The molecule has 3 rings (SSSR count). The normalized spacial score (nSPS) is 14.2. The van der Waals surface area contributed by atoms with E-state index in [4.69, 9.17) is 10.3 Å². The molecule has 0 unspecified atom stereocenters. The zero-order valence-electron chi connectivity index (χ0n) is 13.2. The number of benzene rings is 2. The quantitative estimate of drug-likeness (QED) is 0.362. The van der Waals surface area contributed by atoms with Gasteiger partial charge in [0.1, 0.15) is 6.61 Å². The fraction of sp³-hybridized carbons (Fsp3) is 0.118. The van der Waals surface area contributed by atoms with Crippen LogP contribution in [0.15, 0.2) is 57.9 Å². The molecule has 0 spiro atoms. The maximum Gasteiger partial charge on any atom is 0.339 e. The highest BCUT2D eigenvalue weighted by Crippen LogP contribution is 2.33. The molecule has 0 atom stereocenters. The van der Waals surface area contributed by atoms with E-state index in [0.717, 1.165) is 5.56 Å². The maximum absolute atomic E-state index is 12.2. The van der Waals surface area contributed by atoms with Crippen molar-refractivity contribution >= 4 is 27.1 Å². The summed E-state index contributed by atoms with van der Waals surface area (Å²) >= 11 is 0. The van der Waals surface area contributed by atoms with Crippen molar-refractivity contribution in [1.82, 2.24) is 0 Å². The van der Waals surface area contributed by atoms with Gasteiger partial charge in [0.25, 0.3) is 10.0 Å². The highest BCUT2D eigenvalue weighted by Gasteiger charge is 2.27. The molecule has 1 heterocycles. The highest BCUT2D eigenvalue weighted by atomic mass is 32.2. The second-order valence-electron chi connectivity index (χ2n) is 5.47. The Morgan fingerprint density at radius 3 is 2.52 bits per heavy atom. The summed E-state index contributed by atoms with van der Waals surface area (Å²) in [6.45, 7) is 1.99. The van der Waals surface area contributed by atoms with Crippen molar-refractivity contribution in [1.29, 1.82) is 0 Å². The van der Waals surface area contributed by atoms with E-state index >= 15 is 0 Å². The molecule has 0 fully saturated rings. The van der Waals surface area contributed by atoms with Crippen LogP contribution < -0.4 is 0 Å². The van der Waals surface area contributed by atoms with E-state index in [1.165, 1.54) is 18.2 Å². The molecule has 8 heteroatoms. The molecule has 126 valence electrons. The van der Waals surface area contributed by atoms with E-state index in [2.05, 4.69) is 9.43 Å². The van der Waals surface area contributed by atoms with Gasteiger partial charge in [-0.3, -0.25) is 0 Å². The van der Waals surface area contributed by atoms with Gasteiger partial charge in [0, 0.05) is 15.0 Å². The lowest BCUT2D eigenvalue weighted by atomic mass is 9.96. The molecule has 1 aliphatic rings. The van der Waals surface area contributed by atoms with E-state index < -0.39 is 16.0 Å². The Hall–Kier alpha value is -3.09. The average Bonchev–Trinajstić information content (AvgIpc) is 2.97. The van der Waals surface area contributed by atoms with E-state index in [-0.39, 0.29) is 11.5 Å². The topological polar surface area (TPSA) is 109 Å². The molecular formula is C17H13N3O4S. The largest absolute Gasteiger partial charge is 0.457 e. The van der Waals surface area contributed by atoms with Gasteiger partial charge >= 0.3 is 5.97 Å². The zero-order valence-corrected chi connectivity index (χ0v) is 14.0. The molecule has 7 nitrogen and oxygen atoms in total. The van der Waals surface area contributed by atoms with Gasteiger partial charge in [0.15, 0.2) is 0 Å². The second kappa shape index (κ2) is 6.43. The third kappa shape index (κ3) is 3.26. The molecule has 2 aromatic carbocycles. The molecule has 0 saturated heterocycles. The van der Waals surface area contributed by atoms with Gasteiger partial charge in [-0.2, -0.15) is 0 Å². The van der Waals surface area contributed by atoms with Gasteiger partial charge in [-0.1, -0.05) is 42.0 Å². The van der Waals surface area contributed by atoms with Crippen LogP contribution in [0.25, 0.3) is 21.6 Å². The molecular weight excluding hydrogens is 342 g/mol. The number of aryl methyl sites for hydroxylation is 1. The van der Waals surface area contributed by atoms with Crippen LogP contribution in [0.2, 0.25) is 0 Å². The molecule has 0 aromatic heterocycles. The Labute approximate surface area is 144 Å². The molecule has 25 heavy (non-hydrogen) atoms. The monoisotopic (exact) mass is 355 g/mol. The molecule has 0 N–H and O–H groups in total. The summed E-state index contributed by atoms with van der Waals surface area (Å²) < 4.78 is 31.8. The van der Waals surface area contributed by atoms with Gasteiger partial charge in [-0.05, 0) is 35.7 Å². The summed E-state index contributed by atoms with van der Waals surface area (Å²) in [5.41, 5.74) is 11.7. The van der Waals surface area contributed by atoms with Crippen LogP contribution >= 0.6 is 0 Å². The number of hydrogen-bond donors (Lipinski definition) is 0. The first-order chi connectivity index (χ1) is 11.9. The first-order valence-corrected chi connectivity index (χ1v) is 8.75. The Morgan fingerprint density at radius 2 is 1.84 bits per heavy atom. The van der Waals surface area contributed by atoms with Crippen molar-refractivity contribution < 1.29 is 17.9 Å². The summed E-state index contributed by atoms with van der Waals surface area (Å²) in [5, 5.41) is 0. The molecule has 0 bridgehead atoms. The maximum atomic E-state index is 12.2. The first-order valence-electron chi connectivity index (χ1n) is 7.31. The molecule has 0 aliphatic carbocycles. The summed E-state index contributed by atoms with van der Waals surface area (Å²) in [6.07, 6.45) is 0. The minimum absolute atomic E-state index is 0.0487. The molecule has 2 aromatic rings. The van der Waals surface area contributed by atoms with Crippen molar-refractivity contribution in [3.05, 3.63) is 75.7 Å². The fourth-order valence-corrected chi connectivity index (χ4v) is 3.30. The summed E-state index contributed by atoms with van der Waals surface area (Å²) in [6, 6.07) is 13.3. The number of carbonyl (C=O) groups excluding carboxylic acids is 1. The van der Waals surface area contributed by atoms with E-state index in [0.29, 0.717) is 22.3 Å². The lowest BCUT2D eigenvalue weighted by molar-refractivity contribution is -0.133. The van der Waals surface area contributed by atoms with Crippen LogP contribution in [-0.4, -0.2) is 21.0 Å². The molecule has 0 amide bonds. The average molecular weight is 355 g/mol. The minimum atomic E-state index is -4.10. The predicted molar refractivity (Wildman–Crippen MR) is 91.7 cm³/mol. The number of carbonyl (C=O) groups is 1. The van der Waals surface area contributed by atoms with Crippen LogP contribution in [0.3, 0.4) is 0 Å². The molecule has 1 aliphatic heterocycles. The number of nitrogens with zero attached hydrogens (tertiary/aromatic N) is 3. The number of hydrogen-bond acceptors (Lipinski definition) is 4. The number of esters is 1. The van der Waals surface area contributed by atoms with Crippen molar-refractivity contribution in [2.24, 2.45) is 4.52 Å². The highest BCUT2D eigenvalue weighted by molar-refractivity contribution is 7.90. The van der Waals surface area contributed by atoms with E-state index in [1.54, 1.807) is 6.07 Å². The Bertz CT molecular complexity index is 1030. The van der Waals surface area contributed by atoms with Gasteiger partial charge in [0.2, 0.25) is 0 Å². The summed E-state index contributed by atoms with van der Waals surface area (Å²) in [5.74, 6) is -0.456. The Kier molecular flexibility index (Phi) is 4.31. The first kappa shape index (κ1) is 16.8. The third-order valence-electron chi connectivity index (χ3n) is 3.82. The van der Waals surface area contributed by atoms with Crippen LogP contribution in [0.5, 0.6) is 0 Å². The number of azide groups is 1. The zero-order chi connectivity index (χ0) is 18.0. The second-order valence-corrected chi connectivity index (χ2v) is 7.05. The Balaban J connectivity index is 2.15. The SMILES string of the molecule is Cc1ccc(C2=C(c3cccc(S(=O)(=O)N=[N+]=[N-])c3)COC2=O)cc1. The lowest BCUT2D eigenvalue weighted by Gasteiger charge is -2.06. The van der Waals surface area contributed by atoms with Crippen molar-refractivity contribution in [2.45, 2.75) is 11.8 Å².